The lowest BCUT2D eigenvalue weighted by atomic mass is 9.92. The van der Waals surface area contributed by atoms with Crippen LogP contribution < -0.4 is 15.4 Å². The van der Waals surface area contributed by atoms with E-state index in [1.807, 2.05) is 17.9 Å². The van der Waals surface area contributed by atoms with E-state index >= 15 is 17.6 Å². The van der Waals surface area contributed by atoms with Gasteiger partial charge in [-0.2, -0.15) is 28.4 Å². The molecule has 3 fully saturated rings. The normalized spacial score (nSPS) is 22.5. The number of likely N-dealkylation sites (tertiary alicyclic amines) is 1. The number of amides is 1. The zero-order valence-corrected chi connectivity index (χ0v) is 28.0. The fraction of sp³-hybridized carbons (Fsp3) is 0.471. The topological polar surface area (TPSA) is 112 Å². The Morgan fingerprint density at radius 2 is 2.00 bits per heavy atom. The SMILES string of the molecule is CCN1CCC(N(CC)c2nc(OCC34CCCN3CC(F)C4)nc3c(F)c(-c4ccc(F)c5sc(N)c(C#N)c45)c(C(F)(F)F)cc23)C1=O. The molecule has 0 saturated carbocycles. The summed E-state index contributed by atoms with van der Waals surface area (Å²) in [5.74, 6) is -2.61. The van der Waals surface area contributed by atoms with E-state index in [0.717, 1.165) is 24.6 Å². The van der Waals surface area contributed by atoms with Crippen LogP contribution in [-0.4, -0.2) is 82.8 Å². The summed E-state index contributed by atoms with van der Waals surface area (Å²) in [5.41, 5.74) is 1.76. The molecule has 3 aliphatic heterocycles. The van der Waals surface area contributed by atoms with Gasteiger partial charge in [0.2, 0.25) is 5.91 Å². The molecule has 264 valence electrons. The number of nitriles is 1. The molecule has 3 saturated heterocycles. The Bertz CT molecular complexity index is 2070. The lowest BCUT2D eigenvalue weighted by Gasteiger charge is -2.32. The first-order chi connectivity index (χ1) is 23.8. The molecule has 1 amide bonds. The van der Waals surface area contributed by atoms with Crippen molar-refractivity contribution in [1.29, 1.82) is 5.26 Å². The number of ether oxygens (including phenoxy) is 1. The number of nitrogen functional groups attached to an aromatic ring is 1. The van der Waals surface area contributed by atoms with Crippen molar-refractivity contribution in [2.24, 2.45) is 0 Å². The standard InChI is InChI=1S/C34H33F6N7O2S/c1-3-45-11-8-23(31(45)48)47(4-2)30-19-12-21(34(38,39)40)25(18-6-7-22(36)28-24(18)20(14-41)29(42)50-28)26(37)27(19)43-32(44-30)49-16-33-9-5-10-46(33)15-17(35)13-33/h6-7,12,17,23H,3-5,8-11,13,15-16,42H2,1-2H3. The molecule has 4 aromatic rings. The Kier molecular flexibility index (Phi) is 8.49. The number of thiophene rings is 1. The Balaban J connectivity index is 1.48. The number of carbonyl (C=O) groups excluding carboxylic acids is 1. The number of anilines is 2. The fourth-order valence-electron chi connectivity index (χ4n) is 7.96. The van der Waals surface area contributed by atoms with E-state index in [-0.39, 0.29) is 69.9 Å². The lowest BCUT2D eigenvalue weighted by Crippen LogP contribution is -2.44. The van der Waals surface area contributed by atoms with E-state index in [1.54, 1.807) is 11.8 Å². The van der Waals surface area contributed by atoms with Gasteiger partial charge in [0.1, 0.15) is 47.0 Å². The number of halogens is 6. The minimum atomic E-state index is -5.14. The largest absolute Gasteiger partial charge is 0.461 e. The molecule has 0 spiro atoms. The number of benzene rings is 2. The molecule has 7 rings (SSSR count). The van der Waals surface area contributed by atoms with E-state index in [4.69, 9.17) is 10.5 Å². The highest BCUT2D eigenvalue weighted by atomic mass is 32.1. The summed E-state index contributed by atoms with van der Waals surface area (Å²) >= 11 is 0.673. The van der Waals surface area contributed by atoms with E-state index in [2.05, 4.69) is 9.97 Å². The molecule has 3 atom stereocenters. The van der Waals surface area contributed by atoms with E-state index in [1.165, 1.54) is 4.90 Å². The number of fused-ring (bicyclic) bond motifs is 3. The van der Waals surface area contributed by atoms with Crippen LogP contribution in [0, 0.1) is 23.0 Å². The Hall–Kier alpha value is -4.36. The van der Waals surface area contributed by atoms with Gasteiger partial charge in [-0.15, -0.1) is 11.3 Å². The zero-order valence-electron chi connectivity index (χ0n) is 27.2. The van der Waals surface area contributed by atoms with E-state index in [0.29, 0.717) is 43.8 Å². The molecular formula is C34H33F6N7O2S. The molecule has 5 heterocycles. The number of hydrogen-bond acceptors (Lipinski definition) is 9. The summed E-state index contributed by atoms with van der Waals surface area (Å²) in [7, 11) is 0. The maximum Gasteiger partial charge on any atom is 0.417 e. The fourth-order valence-corrected chi connectivity index (χ4v) is 8.91. The first kappa shape index (κ1) is 34.1. The van der Waals surface area contributed by atoms with E-state index < -0.39 is 57.8 Å². The van der Waals surface area contributed by atoms with Gasteiger partial charge in [-0.3, -0.25) is 9.69 Å². The molecule has 16 heteroatoms. The smallest absolute Gasteiger partial charge is 0.417 e. The monoisotopic (exact) mass is 717 g/mol. The molecule has 2 N–H and O–H groups in total. The van der Waals surface area contributed by atoms with Crippen LogP contribution in [0.3, 0.4) is 0 Å². The third-order valence-corrected chi connectivity index (χ3v) is 11.3. The van der Waals surface area contributed by atoms with Crippen LogP contribution in [0.5, 0.6) is 6.01 Å². The Labute approximate surface area is 287 Å². The van der Waals surface area contributed by atoms with Crippen LogP contribution in [0.15, 0.2) is 18.2 Å². The Morgan fingerprint density at radius 1 is 1.22 bits per heavy atom. The average molecular weight is 718 g/mol. The van der Waals surface area contributed by atoms with Gasteiger partial charge >= 0.3 is 12.2 Å². The van der Waals surface area contributed by atoms with Gasteiger partial charge in [-0.25, -0.2) is 13.2 Å². The summed E-state index contributed by atoms with van der Waals surface area (Å²) in [4.78, 5) is 27.4. The van der Waals surface area contributed by atoms with Crippen molar-refractivity contribution >= 4 is 49.1 Å². The molecule has 3 unspecified atom stereocenters. The van der Waals surface area contributed by atoms with Crippen molar-refractivity contribution in [2.45, 2.75) is 63.5 Å². The van der Waals surface area contributed by atoms with Crippen LogP contribution in [-0.2, 0) is 11.0 Å². The predicted octanol–water partition coefficient (Wildman–Crippen LogP) is 6.66. The number of likely N-dealkylation sites (N-methyl/N-ethyl adjacent to an activating group) is 2. The quantitative estimate of drug-likeness (QED) is 0.202. The zero-order chi connectivity index (χ0) is 35.7. The van der Waals surface area contributed by atoms with Gasteiger partial charge in [0.05, 0.1) is 21.4 Å². The van der Waals surface area contributed by atoms with Crippen LogP contribution in [0.25, 0.3) is 32.1 Å². The molecule has 0 aliphatic carbocycles. The van der Waals surface area contributed by atoms with Crippen molar-refractivity contribution in [3.05, 3.63) is 41.0 Å². The number of hydrogen-bond donors (Lipinski definition) is 1. The van der Waals surface area contributed by atoms with Gasteiger partial charge in [0.25, 0.3) is 0 Å². The second-order valence-corrected chi connectivity index (χ2v) is 14.0. The third kappa shape index (κ3) is 5.36. The number of aromatic nitrogens is 2. The van der Waals surface area contributed by atoms with Gasteiger partial charge in [0, 0.05) is 48.9 Å². The minimum absolute atomic E-state index is 0.0378. The van der Waals surface area contributed by atoms with Crippen molar-refractivity contribution < 1.29 is 35.9 Å². The minimum Gasteiger partial charge on any atom is -0.461 e. The van der Waals surface area contributed by atoms with Crippen molar-refractivity contribution in [2.75, 3.05) is 50.0 Å². The number of alkyl halides is 4. The number of carbonyl (C=O) groups is 1. The van der Waals surface area contributed by atoms with Crippen LogP contribution in [0.4, 0.5) is 37.2 Å². The summed E-state index contributed by atoms with van der Waals surface area (Å²) < 4.78 is 97.5. The molecule has 2 aromatic heterocycles. The average Bonchev–Trinajstić information content (AvgIpc) is 3.81. The molecule has 0 radical (unpaired) electrons. The summed E-state index contributed by atoms with van der Waals surface area (Å²) in [6.45, 7) is 5.39. The van der Waals surface area contributed by atoms with Crippen molar-refractivity contribution in [1.82, 2.24) is 19.8 Å². The third-order valence-electron chi connectivity index (χ3n) is 10.3. The summed E-state index contributed by atoms with van der Waals surface area (Å²) in [6.07, 6.45) is -4.15. The second-order valence-electron chi connectivity index (χ2n) is 13.0. The second kappa shape index (κ2) is 12.4. The van der Waals surface area contributed by atoms with E-state index in [9.17, 15) is 18.8 Å². The van der Waals surface area contributed by atoms with Gasteiger partial charge < -0.3 is 20.3 Å². The first-order valence-corrected chi connectivity index (χ1v) is 17.2. The molecular weight excluding hydrogens is 684 g/mol. The molecule has 2 aromatic carbocycles. The summed E-state index contributed by atoms with van der Waals surface area (Å²) in [6, 6.07) is 3.28. The Morgan fingerprint density at radius 3 is 2.68 bits per heavy atom. The lowest BCUT2D eigenvalue weighted by molar-refractivity contribution is -0.137. The molecule has 0 bridgehead atoms. The maximum absolute atomic E-state index is 17.1. The summed E-state index contributed by atoms with van der Waals surface area (Å²) in [5, 5.41) is 9.13. The van der Waals surface area contributed by atoms with Crippen molar-refractivity contribution in [3.8, 4) is 23.2 Å². The van der Waals surface area contributed by atoms with Crippen LogP contribution in [0.2, 0.25) is 0 Å². The highest BCUT2D eigenvalue weighted by Crippen LogP contribution is 2.48. The maximum atomic E-state index is 17.1. The highest BCUT2D eigenvalue weighted by molar-refractivity contribution is 7.23. The van der Waals surface area contributed by atoms with Crippen LogP contribution in [0.1, 0.15) is 50.7 Å². The molecule has 50 heavy (non-hydrogen) atoms. The molecule has 3 aliphatic rings. The van der Waals surface area contributed by atoms with Gasteiger partial charge in [0.15, 0.2) is 5.82 Å². The number of rotatable bonds is 8. The van der Waals surface area contributed by atoms with Crippen LogP contribution >= 0.6 is 11.3 Å². The number of nitrogens with zero attached hydrogens (tertiary/aromatic N) is 6. The predicted molar refractivity (Wildman–Crippen MR) is 177 cm³/mol. The van der Waals surface area contributed by atoms with Gasteiger partial charge in [-0.1, -0.05) is 6.07 Å². The molecule has 9 nitrogen and oxygen atoms in total. The van der Waals surface area contributed by atoms with Crippen molar-refractivity contribution in [3.63, 3.8) is 0 Å². The highest BCUT2D eigenvalue weighted by Gasteiger charge is 2.49. The van der Waals surface area contributed by atoms with Gasteiger partial charge in [-0.05, 0) is 57.4 Å². The first-order valence-electron chi connectivity index (χ1n) is 16.4. The number of nitrogens with two attached hydrogens (primary N) is 1.